The second-order valence-electron chi connectivity index (χ2n) is 9.30. The summed E-state index contributed by atoms with van der Waals surface area (Å²) < 4.78 is 21.2. The molecular formula is C31H23FN6O3. The quantitative estimate of drug-likeness (QED) is 0.160. The number of aromatic amines is 1. The molecule has 0 radical (unpaired) electrons. The molecule has 2 heterocycles. The molecule has 202 valence electrons. The number of aromatic nitrogens is 5. The molecule has 0 amide bonds. The number of non-ortho nitro benzene ring substituents is 1. The molecule has 0 aliphatic heterocycles. The van der Waals surface area contributed by atoms with Crippen molar-refractivity contribution in [3.05, 3.63) is 137 Å². The van der Waals surface area contributed by atoms with Crippen molar-refractivity contribution in [3.63, 3.8) is 0 Å². The van der Waals surface area contributed by atoms with E-state index in [0.717, 1.165) is 22.4 Å². The average Bonchev–Trinajstić information content (AvgIpc) is 3.64. The lowest BCUT2D eigenvalue weighted by Crippen LogP contribution is -2.01. The van der Waals surface area contributed by atoms with Gasteiger partial charge in [-0.1, -0.05) is 78.0 Å². The third kappa shape index (κ3) is 5.71. The number of nitrogens with zero attached hydrogens (tertiary/aromatic N) is 5. The molecule has 41 heavy (non-hydrogen) atoms. The van der Waals surface area contributed by atoms with Crippen LogP contribution in [0.15, 0.2) is 109 Å². The Bertz CT molecular complexity index is 1760. The molecule has 2 aromatic heterocycles. The van der Waals surface area contributed by atoms with E-state index in [4.69, 9.17) is 9.72 Å². The third-order valence-electron chi connectivity index (χ3n) is 6.44. The van der Waals surface area contributed by atoms with Crippen molar-refractivity contribution in [2.45, 2.75) is 13.2 Å². The number of benzene rings is 4. The summed E-state index contributed by atoms with van der Waals surface area (Å²) in [5, 5.41) is 19.9. The van der Waals surface area contributed by atoms with Crippen LogP contribution in [0.4, 0.5) is 10.1 Å². The van der Waals surface area contributed by atoms with E-state index >= 15 is 0 Å². The van der Waals surface area contributed by atoms with Crippen LogP contribution in [0.2, 0.25) is 0 Å². The van der Waals surface area contributed by atoms with Gasteiger partial charge in [0.25, 0.3) is 5.69 Å². The zero-order chi connectivity index (χ0) is 28.2. The molecule has 0 saturated carbocycles. The Morgan fingerprint density at radius 1 is 0.902 bits per heavy atom. The van der Waals surface area contributed by atoms with Gasteiger partial charge in [-0.15, -0.1) is 5.10 Å². The maximum atomic E-state index is 13.5. The Balaban J connectivity index is 1.33. The van der Waals surface area contributed by atoms with Crippen molar-refractivity contribution in [1.29, 1.82) is 0 Å². The van der Waals surface area contributed by atoms with E-state index in [1.165, 1.54) is 24.3 Å². The number of hydrogen-bond donors (Lipinski definition) is 1. The van der Waals surface area contributed by atoms with Crippen LogP contribution in [0.1, 0.15) is 11.3 Å². The minimum Gasteiger partial charge on any atom is -0.486 e. The number of nitrogens with one attached hydrogen (secondary N) is 1. The fourth-order valence-corrected chi connectivity index (χ4v) is 4.52. The lowest BCUT2D eigenvalue weighted by molar-refractivity contribution is -0.384. The van der Waals surface area contributed by atoms with Gasteiger partial charge in [0.15, 0.2) is 0 Å². The molecule has 0 fully saturated rings. The van der Waals surface area contributed by atoms with E-state index in [0.29, 0.717) is 35.1 Å². The SMILES string of the molecule is O=[N+]([O-])c1ccc(OCc2cn(Cc3cccc(F)c3)nn2)c(-c2nc(-c3ccccc3)c(-c3ccccc3)[nH]2)c1. The van der Waals surface area contributed by atoms with Gasteiger partial charge in [0, 0.05) is 23.3 Å². The van der Waals surface area contributed by atoms with Crippen LogP contribution >= 0.6 is 0 Å². The zero-order valence-corrected chi connectivity index (χ0v) is 21.6. The Labute approximate surface area is 234 Å². The van der Waals surface area contributed by atoms with Crippen molar-refractivity contribution >= 4 is 5.69 Å². The molecule has 6 aromatic rings. The van der Waals surface area contributed by atoms with Gasteiger partial charge in [-0.3, -0.25) is 10.1 Å². The van der Waals surface area contributed by atoms with Crippen LogP contribution in [0.3, 0.4) is 0 Å². The predicted molar refractivity (Wildman–Crippen MR) is 151 cm³/mol. The van der Waals surface area contributed by atoms with Crippen molar-refractivity contribution in [1.82, 2.24) is 25.0 Å². The number of ether oxygens (including phenoxy) is 1. The lowest BCUT2D eigenvalue weighted by Gasteiger charge is -2.09. The standard InChI is InChI=1S/C31H23FN6O3/c32-24-13-7-8-21(16-24)18-37-19-25(35-36-37)20-41-28-15-14-26(38(39)40)17-27(28)31-33-29(22-9-3-1-4-10-22)30(34-31)23-11-5-2-6-12-23/h1-17,19H,18,20H2,(H,33,34). The van der Waals surface area contributed by atoms with Crippen LogP contribution in [0, 0.1) is 15.9 Å². The number of hydrogen-bond acceptors (Lipinski definition) is 6. The van der Waals surface area contributed by atoms with E-state index in [9.17, 15) is 14.5 Å². The van der Waals surface area contributed by atoms with Crippen molar-refractivity contribution < 1.29 is 14.1 Å². The van der Waals surface area contributed by atoms with Crippen LogP contribution < -0.4 is 4.74 Å². The van der Waals surface area contributed by atoms with Gasteiger partial charge >= 0.3 is 0 Å². The summed E-state index contributed by atoms with van der Waals surface area (Å²) >= 11 is 0. The Kier molecular flexibility index (Phi) is 7.02. The molecule has 0 atom stereocenters. The first kappa shape index (κ1) is 25.6. The first-order valence-electron chi connectivity index (χ1n) is 12.8. The molecule has 0 spiro atoms. The predicted octanol–water partition coefficient (Wildman–Crippen LogP) is 6.68. The van der Waals surface area contributed by atoms with E-state index in [2.05, 4.69) is 15.3 Å². The van der Waals surface area contributed by atoms with E-state index < -0.39 is 4.92 Å². The lowest BCUT2D eigenvalue weighted by atomic mass is 10.1. The number of imidazole rings is 1. The van der Waals surface area contributed by atoms with E-state index in [1.807, 2.05) is 60.7 Å². The fraction of sp³-hybridized carbons (Fsp3) is 0.0645. The summed E-state index contributed by atoms with van der Waals surface area (Å²) in [5.41, 5.74) is 4.96. The monoisotopic (exact) mass is 546 g/mol. The molecule has 4 aromatic carbocycles. The summed E-state index contributed by atoms with van der Waals surface area (Å²) in [6.45, 7) is 0.413. The third-order valence-corrected chi connectivity index (χ3v) is 6.44. The van der Waals surface area contributed by atoms with Crippen molar-refractivity contribution in [2.24, 2.45) is 0 Å². The maximum Gasteiger partial charge on any atom is 0.270 e. The molecule has 0 unspecified atom stereocenters. The highest BCUT2D eigenvalue weighted by Crippen LogP contribution is 2.37. The summed E-state index contributed by atoms with van der Waals surface area (Å²) in [4.78, 5) is 19.5. The number of nitro benzene ring substituents is 1. The minimum atomic E-state index is -0.454. The normalized spacial score (nSPS) is 11.0. The Hall–Kier alpha value is -5.64. The summed E-state index contributed by atoms with van der Waals surface area (Å²) in [6.07, 6.45) is 1.71. The molecule has 0 aliphatic carbocycles. The number of H-pyrrole nitrogens is 1. The van der Waals surface area contributed by atoms with Gasteiger partial charge < -0.3 is 9.72 Å². The van der Waals surface area contributed by atoms with Gasteiger partial charge in [-0.05, 0) is 23.8 Å². The maximum absolute atomic E-state index is 13.5. The highest BCUT2D eigenvalue weighted by molar-refractivity contribution is 5.82. The minimum absolute atomic E-state index is 0.0613. The van der Waals surface area contributed by atoms with Crippen LogP contribution in [-0.2, 0) is 13.2 Å². The van der Waals surface area contributed by atoms with Crippen molar-refractivity contribution in [2.75, 3.05) is 0 Å². The molecule has 6 rings (SSSR count). The molecule has 0 aliphatic rings. The van der Waals surface area contributed by atoms with E-state index in [1.54, 1.807) is 29.1 Å². The van der Waals surface area contributed by atoms with Crippen molar-refractivity contribution in [3.8, 4) is 39.7 Å². The average molecular weight is 547 g/mol. The van der Waals surface area contributed by atoms with Gasteiger partial charge in [0.05, 0.1) is 34.6 Å². The Morgan fingerprint density at radius 2 is 1.66 bits per heavy atom. The Morgan fingerprint density at radius 3 is 2.39 bits per heavy atom. The molecule has 9 nitrogen and oxygen atoms in total. The van der Waals surface area contributed by atoms with E-state index in [-0.39, 0.29) is 18.1 Å². The second-order valence-corrected chi connectivity index (χ2v) is 9.30. The summed E-state index contributed by atoms with van der Waals surface area (Å²) in [7, 11) is 0. The molecular weight excluding hydrogens is 523 g/mol. The first-order chi connectivity index (χ1) is 20.0. The summed E-state index contributed by atoms with van der Waals surface area (Å²) in [6, 6.07) is 30.1. The van der Waals surface area contributed by atoms with Crippen LogP contribution in [0.5, 0.6) is 5.75 Å². The number of nitro groups is 1. The highest BCUT2D eigenvalue weighted by Gasteiger charge is 2.20. The molecule has 1 N–H and O–H groups in total. The second kappa shape index (κ2) is 11.2. The number of rotatable bonds is 9. The highest BCUT2D eigenvalue weighted by atomic mass is 19.1. The molecule has 0 bridgehead atoms. The largest absolute Gasteiger partial charge is 0.486 e. The number of halogens is 1. The zero-order valence-electron chi connectivity index (χ0n) is 21.6. The first-order valence-corrected chi connectivity index (χ1v) is 12.8. The van der Waals surface area contributed by atoms with Gasteiger partial charge in [0.2, 0.25) is 0 Å². The van der Waals surface area contributed by atoms with Gasteiger partial charge in [-0.2, -0.15) is 0 Å². The molecule has 0 saturated heterocycles. The summed E-state index contributed by atoms with van der Waals surface area (Å²) in [5.74, 6) is 0.500. The van der Waals surface area contributed by atoms with Crippen LogP contribution in [-0.4, -0.2) is 29.9 Å². The van der Waals surface area contributed by atoms with Crippen LogP contribution in [0.25, 0.3) is 33.9 Å². The molecule has 10 heteroatoms. The van der Waals surface area contributed by atoms with Gasteiger partial charge in [-0.25, -0.2) is 14.1 Å². The van der Waals surface area contributed by atoms with Gasteiger partial charge in [0.1, 0.15) is 29.7 Å². The fourth-order valence-electron chi connectivity index (χ4n) is 4.52. The topological polar surface area (TPSA) is 112 Å². The smallest absolute Gasteiger partial charge is 0.270 e.